The lowest BCUT2D eigenvalue weighted by Gasteiger charge is -2.06. The maximum Gasteiger partial charge on any atom is 0.265 e. The summed E-state index contributed by atoms with van der Waals surface area (Å²) in [6, 6.07) is 15.5. The van der Waals surface area contributed by atoms with Crippen LogP contribution in [0.2, 0.25) is 0 Å². The maximum atomic E-state index is 12.5. The quantitative estimate of drug-likeness (QED) is 0.773. The molecule has 1 aromatic heterocycles. The van der Waals surface area contributed by atoms with E-state index in [0.29, 0.717) is 22.9 Å². The van der Waals surface area contributed by atoms with E-state index in [1.54, 1.807) is 7.11 Å². The van der Waals surface area contributed by atoms with Gasteiger partial charge in [0.15, 0.2) is 0 Å². The predicted molar refractivity (Wildman–Crippen MR) is 94.2 cm³/mol. The molecule has 0 unspecified atom stereocenters. The summed E-state index contributed by atoms with van der Waals surface area (Å²) in [6.45, 7) is 2.50. The van der Waals surface area contributed by atoms with Gasteiger partial charge >= 0.3 is 0 Å². The lowest BCUT2D eigenvalue weighted by atomic mass is 10.1. The number of methoxy groups -OCH3 is 1. The molecule has 3 rings (SSSR count). The summed E-state index contributed by atoms with van der Waals surface area (Å²) >= 11 is 1.09. The molecule has 0 aliphatic rings. The van der Waals surface area contributed by atoms with Gasteiger partial charge in [-0.2, -0.15) is 0 Å². The second kappa shape index (κ2) is 7.23. The molecule has 0 radical (unpaired) electrons. The van der Waals surface area contributed by atoms with Crippen LogP contribution in [0, 0.1) is 6.92 Å². The maximum absolute atomic E-state index is 12.5. The third-order valence-corrected chi connectivity index (χ3v) is 4.34. The highest BCUT2D eigenvalue weighted by atomic mass is 32.1. The average molecular weight is 339 g/mol. The number of hydrogen-bond donors (Lipinski definition) is 1. The molecular formula is C18H17N3O2S. The Kier molecular flexibility index (Phi) is 4.86. The molecule has 2 aromatic carbocycles. The van der Waals surface area contributed by atoms with Crippen LogP contribution in [0.4, 0.5) is 0 Å². The number of nitrogens with one attached hydrogen (secondary N) is 1. The first kappa shape index (κ1) is 16.1. The van der Waals surface area contributed by atoms with Gasteiger partial charge in [0.25, 0.3) is 5.91 Å². The largest absolute Gasteiger partial charge is 0.497 e. The number of amides is 1. The molecule has 3 aromatic rings. The van der Waals surface area contributed by atoms with Crippen molar-refractivity contribution in [2.24, 2.45) is 0 Å². The molecule has 1 amide bonds. The second-order valence-electron chi connectivity index (χ2n) is 5.35. The Labute approximate surface area is 144 Å². The fourth-order valence-electron chi connectivity index (χ4n) is 2.27. The fraction of sp³-hybridized carbons (Fsp3) is 0.167. The van der Waals surface area contributed by atoms with Gasteiger partial charge in [-0.3, -0.25) is 4.79 Å². The zero-order valence-corrected chi connectivity index (χ0v) is 14.3. The van der Waals surface area contributed by atoms with E-state index in [1.165, 1.54) is 5.56 Å². The van der Waals surface area contributed by atoms with E-state index in [0.717, 1.165) is 22.7 Å². The number of carbonyl (C=O) groups excluding carboxylic acids is 1. The highest BCUT2D eigenvalue weighted by Gasteiger charge is 2.18. The molecule has 0 aliphatic carbocycles. The number of aryl methyl sites for hydroxylation is 1. The zero-order chi connectivity index (χ0) is 16.9. The Bertz CT molecular complexity index is 843. The van der Waals surface area contributed by atoms with Gasteiger partial charge in [-0.25, -0.2) is 0 Å². The van der Waals surface area contributed by atoms with Crippen LogP contribution in [0.25, 0.3) is 11.3 Å². The number of hydrogen-bond acceptors (Lipinski definition) is 5. The fourth-order valence-corrected chi connectivity index (χ4v) is 2.87. The van der Waals surface area contributed by atoms with Crippen LogP contribution in [0.1, 0.15) is 20.8 Å². The number of rotatable bonds is 5. The first-order valence-electron chi connectivity index (χ1n) is 7.48. The summed E-state index contributed by atoms with van der Waals surface area (Å²) in [5, 5.41) is 7.02. The molecule has 1 N–H and O–H groups in total. The third kappa shape index (κ3) is 3.60. The average Bonchev–Trinajstić information content (AvgIpc) is 3.11. The molecule has 0 bridgehead atoms. The summed E-state index contributed by atoms with van der Waals surface area (Å²) in [4.78, 5) is 13.0. The molecule has 6 heteroatoms. The topological polar surface area (TPSA) is 64.1 Å². The first-order chi connectivity index (χ1) is 11.7. The van der Waals surface area contributed by atoms with Crippen LogP contribution in [-0.2, 0) is 6.54 Å². The van der Waals surface area contributed by atoms with E-state index in [4.69, 9.17) is 4.74 Å². The summed E-state index contributed by atoms with van der Waals surface area (Å²) in [7, 11) is 1.60. The summed E-state index contributed by atoms with van der Waals surface area (Å²) in [5.41, 5.74) is 3.62. The molecular weight excluding hydrogens is 322 g/mol. The number of carbonyl (C=O) groups is 1. The summed E-state index contributed by atoms with van der Waals surface area (Å²) in [5.74, 6) is 0.537. The van der Waals surface area contributed by atoms with Crippen molar-refractivity contribution >= 4 is 17.4 Å². The number of aromatic nitrogens is 2. The van der Waals surface area contributed by atoms with Gasteiger partial charge in [-0.05, 0) is 36.2 Å². The van der Waals surface area contributed by atoms with Crippen LogP contribution in [0.5, 0.6) is 5.75 Å². The molecule has 0 spiro atoms. The minimum Gasteiger partial charge on any atom is -0.497 e. The van der Waals surface area contributed by atoms with Gasteiger partial charge in [0.05, 0.1) is 7.11 Å². The lowest BCUT2D eigenvalue weighted by molar-refractivity contribution is 0.0955. The van der Waals surface area contributed by atoms with E-state index < -0.39 is 0 Å². The van der Waals surface area contributed by atoms with Crippen LogP contribution in [0.15, 0.2) is 48.5 Å². The minimum atomic E-state index is -0.177. The lowest BCUT2D eigenvalue weighted by Crippen LogP contribution is -2.22. The van der Waals surface area contributed by atoms with Crippen molar-refractivity contribution in [2.45, 2.75) is 13.5 Å². The van der Waals surface area contributed by atoms with E-state index in [9.17, 15) is 4.79 Å². The van der Waals surface area contributed by atoms with E-state index >= 15 is 0 Å². The molecule has 0 fully saturated rings. The first-order valence-corrected chi connectivity index (χ1v) is 8.25. The molecule has 0 saturated heterocycles. The van der Waals surface area contributed by atoms with Crippen LogP contribution in [0.3, 0.4) is 0 Å². The minimum absolute atomic E-state index is 0.177. The van der Waals surface area contributed by atoms with Crippen LogP contribution < -0.4 is 10.1 Å². The van der Waals surface area contributed by atoms with Crippen molar-refractivity contribution in [2.75, 3.05) is 7.11 Å². The van der Waals surface area contributed by atoms with Crippen LogP contribution >= 0.6 is 11.5 Å². The van der Waals surface area contributed by atoms with Gasteiger partial charge in [0.2, 0.25) is 0 Å². The highest BCUT2D eigenvalue weighted by molar-refractivity contribution is 7.08. The monoisotopic (exact) mass is 339 g/mol. The summed E-state index contributed by atoms with van der Waals surface area (Å²) < 4.78 is 9.15. The number of benzene rings is 2. The van der Waals surface area contributed by atoms with Crippen molar-refractivity contribution in [3.63, 3.8) is 0 Å². The van der Waals surface area contributed by atoms with Crippen LogP contribution in [-0.4, -0.2) is 22.6 Å². The van der Waals surface area contributed by atoms with E-state index in [1.807, 2.05) is 55.5 Å². The molecule has 0 atom stereocenters. The van der Waals surface area contributed by atoms with Crippen molar-refractivity contribution in [1.82, 2.24) is 14.9 Å². The Morgan fingerprint density at radius 3 is 2.75 bits per heavy atom. The van der Waals surface area contributed by atoms with Crippen molar-refractivity contribution in [1.29, 1.82) is 0 Å². The van der Waals surface area contributed by atoms with Gasteiger partial charge < -0.3 is 10.1 Å². The van der Waals surface area contributed by atoms with Gasteiger partial charge in [-0.1, -0.05) is 46.4 Å². The third-order valence-electron chi connectivity index (χ3n) is 3.61. The Morgan fingerprint density at radius 1 is 1.21 bits per heavy atom. The van der Waals surface area contributed by atoms with Crippen molar-refractivity contribution < 1.29 is 9.53 Å². The molecule has 5 nitrogen and oxygen atoms in total. The van der Waals surface area contributed by atoms with E-state index in [2.05, 4.69) is 14.9 Å². The molecule has 122 valence electrons. The van der Waals surface area contributed by atoms with Gasteiger partial charge in [0, 0.05) is 12.1 Å². The zero-order valence-electron chi connectivity index (χ0n) is 13.4. The van der Waals surface area contributed by atoms with Crippen molar-refractivity contribution in [3.05, 3.63) is 64.5 Å². The Balaban J connectivity index is 1.76. The molecule has 0 saturated carbocycles. The Hall–Kier alpha value is -2.73. The smallest absolute Gasteiger partial charge is 0.265 e. The molecule has 24 heavy (non-hydrogen) atoms. The normalized spacial score (nSPS) is 10.4. The van der Waals surface area contributed by atoms with Gasteiger partial charge in [0.1, 0.15) is 16.3 Å². The summed E-state index contributed by atoms with van der Waals surface area (Å²) in [6.07, 6.45) is 0. The second-order valence-corrected chi connectivity index (χ2v) is 6.11. The molecule has 0 aliphatic heterocycles. The highest BCUT2D eigenvalue weighted by Crippen LogP contribution is 2.26. The van der Waals surface area contributed by atoms with E-state index in [-0.39, 0.29) is 5.91 Å². The van der Waals surface area contributed by atoms with Gasteiger partial charge in [-0.15, -0.1) is 5.10 Å². The molecule has 1 heterocycles. The Morgan fingerprint density at radius 2 is 2.00 bits per heavy atom. The SMILES string of the molecule is COc1cccc(-c2nnsc2C(=O)NCc2ccc(C)cc2)c1. The number of nitrogens with zero attached hydrogens (tertiary/aromatic N) is 2. The predicted octanol–water partition coefficient (Wildman–Crippen LogP) is 3.45. The van der Waals surface area contributed by atoms with Crippen molar-refractivity contribution in [3.8, 4) is 17.0 Å². The standard InChI is InChI=1S/C18H17N3O2S/c1-12-6-8-13(9-7-12)11-19-18(22)17-16(20-21-24-17)14-4-3-5-15(10-14)23-2/h3-10H,11H2,1-2H3,(H,19,22). The number of ether oxygens (including phenoxy) is 1.